The Labute approximate surface area is 110 Å². The van der Waals surface area contributed by atoms with Crippen molar-refractivity contribution in [3.05, 3.63) is 29.8 Å². The van der Waals surface area contributed by atoms with E-state index < -0.39 is 0 Å². The maximum absolute atomic E-state index is 6.01. The lowest BCUT2D eigenvalue weighted by molar-refractivity contribution is 0.0848. The molecule has 0 amide bonds. The van der Waals surface area contributed by atoms with Crippen molar-refractivity contribution >= 4 is 0 Å². The second-order valence-corrected chi connectivity index (χ2v) is 5.33. The van der Waals surface area contributed by atoms with Crippen LogP contribution in [0.1, 0.15) is 32.3 Å². The van der Waals surface area contributed by atoms with Gasteiger partial charge in [-0.25, -0.2) is 0 Å². The minimum Gasteiger partial charge on any atom is -0.492 e. The molecule has 0 saturated carbocycles. The molecule has 2 rings (SSSR count). The van der Waals surface area contributed by atoms with Gasteiger partial charge in [0.25, 0.3) is 0 Å². The molecule has 18 heavy (non-hydrogen) atoms. The standard InChI is InChI=1S/C15H24N2O/c1-3-8-15(2,12-16)17-9-10-18-14-7-5-4-6-13(14)11-17/h4-7H,3,8-12,16H2,1-2H3. The van der Waals surface area contributed by atoms with Crippen LogP contribution in [-0.2, 0) is 6.54 Å². The molecule has 0 aromatic heterocycles. The molecular formula is C15H24N2O. The van der Waals surface area contributed by atoms with Crippen LogP contribution < -0.4 is 10.5 Å². The third kappa shape index (κ3) is 2.68. The van der Waals surface area contributed by atoms with Crippen LogP contribution in [0.2, 0.25) is 0 Å². The quantitative estimate of drug-likeness (QED) is 0.889. The van der Waals surface area contributed by atoms with E-state index in [0.717, 1.165) is 38.3 Å². The first kappa shape index (κ1) is 13.4. The fourth-order valence-corrected chi connectivity index (χ4v) is 2.71. The molecule has 0 radical (unpaired) electrons. The zero-order valence-corrected chi connectivity index (χ0v) is 11.5. The molecule has 100 valence electrons. The van der Waals surface area contributed by atoms with Gasteiger partial charge in [0.05, 0.1) is 0 Å². The van der Waals surface area contributed by atoms with E-state index in [1.807, 2.05) is 6.07 Å². The van der Waals surface area contributed by atoms with Crippen molar-refractivity contribution in [2.45, 2.75) is 38.8 Å². The topological polar surface area (TPSA) is 38.5 Å². The molecule has 3 nitrogen and oxygen atoms in total. The lowest BCUT2D eigenvalue weighted by Gasteiger charge is -2.39. The number of ether oxygens (including phenoxy) is 1. The van der Waals surface area contributed by atoms with Crippen molar-refractivity contribution in [1.29, 1.82) is 0 Å². The van der Waals surface area contributed by atoms with E-state index >= 15 is 0 Å². The molecule has 3 heteroatoms. The summed E-state index contributed by atoms with van der Waals surface area (Å²) in [5.41, 5.74) is 7.36. The second-order valence-electron chi connectivity index (χ2n) is 5.33. The molecule has 1 atom stereocenters. The fourth-order valence-electron chi connectivity index (χ4n) is 2.71. The molecular weight excluding hydrogens is 224 g/mol. The van der Waals surface area contributed by atoms with Gasteiger partial charge in [-0.1, -0.05) is 31.5 Å². The maximum Gasteiger partial charge on any atom is 0.123 e. The lowest BCUT2D eigenvalue weighted by Crippen LogP contribution is -2.51. The number of hydrogen-bond donors (Lipinski definition) is 1. The van der Waals surface area contributed by atoms with Crippen LogP contribution in [0.3, 0.4) is 0 Å². The van der Waals surface area contributed by atoms with Gasteiger partial charge in [0.15, 0.2) is 0 Å². The predicted molar refractivity (Wildman–Crippen MR) is 74.7 cm³/mol. The van der Waals surface area contributed by atoms with E-state index in [1.54, 1.807) is 0 Å². The highest BCUT2D eigenvalue weighted by molar-refractivity contribution is 5.34. The molecule has 1 aliphatic rings. The average Bonchev–Trinajstić information content (AvgIpc) is 2.61. The smallest absolute Gasteiger partial charge is 0.123 e. The monoisotopic (exact) mass is 248 g/mol. The average molecular weight is 248 g/mol. The van der Waals surface area contributed by atoms with Crippen LogP contribution in [0.15, 0.2) is 24.3 Å². The Morgan fingerprint density at radius 2 is 2.17 bits per heavy atom. The van der Waals surface area contributed by atoms with Gasteiger partial charge in [0.1, 0.15) is 12.4 Å². The number of rotatable bonds is 4. The molecule has 0 saturated heterocycles. The van der Waals surface area contributed by atoms with E-state index in [0.29, 0.717) is 6.54 Å². The Hall–Kier alpha value is -1.06. The first-order valence-corrected chi connectivity index (χ1v) is 6.85. The van der Waals surface area contributed by atoms with Gasteiger partial charge in [-0.05, 0) is 19.4 Å². The Bertz CT molecular complexity index is 394. The minimum absolute atomic E-state index is 0.0789. The van der Waals surface area contributed by atoms with Crippen molar-refractivity contribution in [1.82, 2.24) is 4.90 Å². The van der Waals surface area contributed by atoms with Gasteiger partial charge in [-0.3, -0.25) is 4.90 Å². The summed E-state index contributed by atoms with van der Waals surface area (Å²) >= 11 is 0. The summed E-state index contributed by atoms with van der Waals surface area (Å²) in [5.74, 6) is 1.02. The molecule has 1 unspecified atom stereocenters. The summed E-state index contributed by atoms with van der Waals surface area (Å²) in [6.07, 6.45) is 2.29. The third-order valence-electron chi connectivity index (χ3n) is 3.94. The normalized spacial score (nSPS) is 19.5. The lowest BCUT2D eigenvalue weighted by atomic mass is 9.93. The zero-order chi connectivity index (χ0) is 13.0. The summed E-state index contributed by atoms with van der Waals surface area (Å²) < 4.78 is 5.81. The van der Waals surface area contributed by atoms with E-state index in [-0.39, 0.29) is 5.54 Å². The van der Waals surface area contributed by atoms with Crippen molar-refractivity contribution < 1.29 is 4.74 Å². The fraction of sp³-hybridized carbons (Fsp3) is 0.600. The first-order valence-electron chi connectivity index (χ1n) is 6.85. The minimum atomic E-state index is 0.0789. The number of hydrogen-bond acceptors (Lipinski definition) is 3. The summed E-state index contributed by atoms with van der Waals surface area (Å²) in [5, 5.41) is 0. The van der Waals surface area contributed by atoms with Crippen molar-refractivity contribution in [2.75, 3.05) is 19.7 Å². The molecule has 0 fully saturated rings. The second kappa shape index (κ2) is 5.72. The Morgan fingerprint density at radius 1 is 1.39 bits per heavy atom. The number of nitrogens with two attached hydrogens (primary N) is 1. The molecule has 1 aliphatic heterocycles. The van der Waals surface area contributed by atoms with Gasteiger partial charge in [0.2, 0.25) is 0 Å². The van der Waals surface area contributed by atoms with Gasteiger partial charge in [-0.2, -0.15) is 0 Å². The SMILES string of the molecule is CCCC(C)(CN)N1CCOc2ccccc2C1. The highest BCUT2D eigenvalue weighted by Crippen LogP contribution is 2.28. The van der Waals surface area contributed by atoms with Gasteiger partial charge in [-0.15, -0.1) is 0 Å². The molecule has 0 aliphatic carbocycles. The number of para-hydroxylation sites is 1. The summed E-state index contributed by atoms with van der Waals surface area (Å²) in [6.45, 7) is 7.81. The summed E-state index contributed by atoms with van der Waals surface area (Å²) in [4.78, 5) is 2.47. The van der Waals surface area contributed by atoms with Gasteiger partial charge in [0, 0.05) is 30.7 Å². The van der Waals surface area contributed by atoms with Crippen molar-refractivity contribution in [3.8, 4) is 5.75 Å². The van der Waals surface area contributed by atoms with Crippen LogP contribution in [0.5, 0.6) is 5.75 Å². The van der Waals surface area contributed by atoms with E-state index in [9.17, 15) is 0 Å². The first-order chi connectivity index (χ1) is 8.69. The largest absolute Gasteiger partial charge is 0.492 e. The van der Waals surface area contributed by atoms with Crippen molar-refractivity contribution in [2.24, 2.45) is 5.73 Å². The number of benzene rings is 1. The highest BCUT2D eigenvalue weighted by atomic mass is 16.5. The predicted octanol–water partition coefficient (Wildman–Crippen LogP) is 2.40. The number of nitrogens with zero attached hydrogens (tertiary/aromatic N) is 1. The van der Waals surface area contributed by atoms with E-state index in [4.69, 9.17) is 10.5 Å². The molecule has 1 aromatic carbocycles. The van der Waals surface area contributed by atoms with Crippen LogP contribution >= 0.6 is 0 Å². The molecule has 1 heterocycles. The Morgan fingerprint density at radius 3 is 2.89 bits per heavy atom. The zero-order valence-electron chi connectivity index (χ0n) is 11.5. The summed E-state index contributed by atoms with van der Waals surface area (Å²) in [7, 11) is 0. The summed E-state index contributed by atoms with van der Waals surface area (Å²) in [6, 6.07) is 8.31. The molecule has 0 bridgehead atoms. The van der Waals surface area contributed by atoms with Gasteiger partial charge >= 0.3 is 0 Å². The molecule has 2 N–H and O–H groups in total. The third-order valence-corrected chi connectivity index (χ3v) is 3.94. The van der Waals surface area contributed by atoms with Crippen molar-refractivity contribution in [3.63, 3.8) is 0 Å². The highest BCUT2D eigenvalue weighted by Gasteiger charge is 2.31. The van der Waals surface area contributed by atoms with Gasteiger partial charge < -0.3 is 10.5 Å². The maximum atomic E-state index is 6.01. The van der Waals surface area contributed by atoms with E-state index in [1.165, 1.54) is 5.56 Å². The Balaban J connectivity index is 2.21. The van der Waals surface area contributed by atoms with Crippen LogP contribution in [-0.4, -0.2) is 30.1 Å². The van der Waals surface area contributed by atoms with E-state index in [2.05, 4.69) is 36.9 Å². The molecule has 0 spiro atoms. The number of fused-ring (bicyclic) bond motifs is 1. The van der Waals surface area contributed by atoms with Crippen LogP contribution in [0.25, 0.3) is 0 Å². The molecule has 1 aromatic rings. The van der Waals surface area contributed by atoms with Crippen LogP contribution in [0.4, 0.5) is 0 Å². The van der Waals surface area contributed by atoms with Crippen LogP contribution in [0, 0.1) is 0 Å². The Kier molecular flexibility index (Phi) is 4.25.